The maximum Gasteiger partial charge on any atom is 0.168 e. The van der Waals surface area contributed by atoms with Crippen molar-refractivity contribution in [2.45, 2.75) is 39.3 Å². The molecule has 0 amide bonds. The molecule has 136 valence electrons. The molecule has 7 nitrogen and oxygen atoms in total. The minimum Gasteiger partial charge on any atom is -0.497 e. The van der Waals surface area contributed by atoms with E-state index in [1.54, 1.807) is 7.11 Å². The molecule has 1 aliphatic heterocycles. The Morgan fingerprint density at radius 3 is 2.32 bits per heavy atom. The fourth-order valence-corrected chi connectivity index (χ4v) is 3.48. The molecule has 1 aromatic carbocycles. The molecule has 0 saturated carbocycles. The van der Waals surface area contributed by atoms with Crippen molar-refractivity contribution >= 4 is 5.69 Å². The van der Waals surface area contributed by atoms with Gasteiger partial charge in [0.1, 0.15) is 5.75 Å². The number of rotatable bonds is 6. The first kappa shape index (κ1) is 17.7. The van der Waals surface area contributed by atoms with Crippen molar-refractivity contribution in [3.63, 3.8) is 0 Å². The van der Waals surface area contributed by atoms with Crippen LogP contribution in [0.5, 0.6) is 5.75 Å². The highest BCUT2D eigenvalue weighted by atomic mass is 16.5. The van der Waals surface area contributed by atoms with Crippen LogP contribution in [0, 0.1) is 0 Å². The van der Waals surface area contributed by atoms with E-state index in [-0.39, 0.29) is 12.1 Å². The number of ether oxygens (including phenoxy) is 1. The lowest BCUT2D eigenvalue weighted by Crippen LogP contribution is -2.48. The smallest absolute Gasteiger partial charge is 0.168 e. The molecule has 25 heavy (non-hydrogen) atoms. The Balaban J connectivity index is 1.66. The fourth-order valence-electron chi connectivity index (χ4n) is 3.48. The summed E-state index contributed by atoms with van der Waals surface area (Å²) in [5.74, 6) is 1.88. The van der Waals surface area contributed by atoms with Crippen LogP contribution in [-0.2, 0) is 0 Å². The van der Waals surface area contributed by atoms with Gasteiger partial charge < -0.3 is 9.64 Å². The van der Waals surface area contributed by atoms with Crippen LogP contribution >= 0.6 is 0 Å². The Kier molecular flexibility index (Phi) is 5.53. The molecule has 7 heteroatoms. The molecule has 1 unspecified atom stereocenters. The average molecular weight is 344 g/mol. The normalized spacial score (nSPS) is 17.1. The van der Waals surface area contributed by atoms with Gasteiger partial charge in [-0.2, -0.15) is 0 Å². The van der Waals surface area contributed by atoms with Crippen molar-refractivity contribution in [1.82, 2.24) is 25.1 Å². The summed E-state index contributed by atoms with van der Waals surface area (Å²) < 4.78 is 7.19. The molecule has 3 rings (SSSR count). The fraction of sp³-hybridized carbons (Fsp3) is 0.611. The lowest BCUT2D eigenvalue weighted by atomic mass is 10.1. The molecular formula is C18H28N6O. The number of benzene rings is 1. The van der Waals surface area contributed by atoms with Gasteiger partial charge in [-0.1, -0.05) is 6.92 Å². The van der Waals surface area contributed by atoms with Crippen molar-refractivity contribution < 1.29 is 4.74 Å². The van der Waals surface area contributed by atoms with Gasteiger partial charge in [0.25, 0.3) is 0 Å². The number of methoxy groups -OCH3 is 1. The molecule has 1 aromatic heterocycles. The predicted molar refractivity (Wildman–Crippen MR) is 98.0 cm³/mol. The number of nitrogens with zero attached hydrogens (tertiary/aromatic N) is 6. The van der Waals surface area contributed by atoms with Gasteiger partial charge in [-0.15, -0.1) is 5.10 Å². The monoisotopic (exact) mass is 344 g/mol. The van der Waals surface area contributed by atoms with Gasteiger partial charge in [0.2, 0.25) is 0 Å². The van der Waals surface area contributed by atoms with Crippen LogP contribution in [0.15, 0.2) is 24.3 Å². The van der Waals surface area contributed by atoms with Gasteiger partial charge in [-0.25, -0.2) is 4.68 Å². The van der Waals surface area contributed by atoms with Crippen molar-refractivity contribution in [2.24, 2.45) is 0 Å². The summed E-state index contributed by atoms with van der Waals surface area (Å²) in [7, 11) is 1.70. The summed E-state index contributed by atoms with van der Waals surface area (Å²) in [6, 6.07) is 8.85. The lowest BCUT2D eigenvalue weighted by molar-refractivity contribution is 0.167. The molecule has 1 aliphatic rings. The highest BCUT2D eigenvalue weighted by molar-refractivity contribution is 5.49. The van der Waals surface area contributed by atoms with E-state index in [1.165, 1.54) is 5.69 Å². The summed E-state index contributed by atoms with van der Waals surface area (Å²) in [6.45, 7) is 10.5. The number of tetrazole rings is 1. The van der Waals surface area contributed by atoms with E-state index in [4.69, 9.17) is 4.74 Å². The summed E-state index contributed by atoms with van der Waals surface area (Å²) >= 11 is 0. The van der Waals surface area contributed by atoms with Gasteiger partial charge in [-0.05, 0) is 55.0 Å². The van der Waals surface area contributed by atoms with Gasteiger partial charge in [0, 0.05) is 31.9 Å². The van der Waals surface area contributed by atoms with Crippen LogP contribution in [0.3, 0.4) is 0 Å². The molecule has 2 heterocycles. The van der Waals surface area contributed by atoms with Gasteiger partial charge in [0.15, 0.2) is 5.82 Å². The third kappa shape index (κ3) is 3.76. The molecule has 1 saturated heterocycles. The first-order valence-electron chi connectivity index (χ1n) is 9.04. The van der Waals surface area contributed by atoms with Crippen LogP contribution in [0.25, 0.3) is 0 Å². The minimum absolute atomic E-state index is 0.274. The van der Waals surface area contributed by atoms with Gasteiger partial charge in [0.05, 0.1) is 19.2 Å². The number of anilines is 1. The first-order chi connectivity index (χ1) is 12.1. The topological polar surface area (TPSA) is 59.3 Å². The number of piperazine rings is 1. The third-order valence-electron chi connectivity index (χ3n) is 4.88. The summed E-state index contributed by atoms with van der Waals surface area (Å²) in [6.07, 6.45) is 1.01. The molecular weight excluding hydrogens is 316 g/mol. The van der Waals surface area contributed by atoms with E-state index in [9.17, 15) is 0 Å². The predicted octanol–water partition coefficient (Wildman–Crippen LogP) is 2.54. The second kappa shape index (κ2) is 7.82. The van der Waals surface area contributed by atoms with Gasteiger partial charge >= 0.3 is 0 Å². The van der Waals surface area contributed by atoms with Crippen LogP contribution < -0.4 is 9.64 Å². The second-order valence-electron chi connectivity index (χ2n) is 6.72. The van der Waals surface area contributed by atoms with E-state index < -0.39 is 0 Å². The molecule has 0 spiro atoms. The van der Waals surface area contributed by atoms with Crippen LogP contribution in [-0.4, -0.2) is 58.4 Å². The second-order valence-corrected chi connectivity index (χ2v) is 6.72. The standard InChI is InChI=1S/C18H28N6O/c1-5-17(18-19-20-21-24(18)14(2)3)23-12-10-22(11-13-23)15-6-8-16(25-4)9-7-15/h6-9,14,17H,5,10-13H2,1-4H3. The van der Waals surface area contributed by atoms with E-state index in [0.29, 0.717) is 0 Å². The number of aromatic nitrogens is 4. The maximum absolute atomic E-state index is 5.24. The maximum atomic E-state index is 5.24. The highest BCUT2D eigenvalue weighted by Crippen LogP contribution is 2.27. The van der Waals surface area contributed by atoms with E-state index >= 15 is 0 Å². The van der Waals surface area contributed by atoms with Crippen molar-refractivity contribution in [2.75, 3.05) is 38.2 Å². The minimum atomic E-state index is 0.274. The Bertz CT molecular complexity index is 660. The Morgan fingerprint density at radius 1 is 1.08 bits per heavy atom. The molecule has 1 fully saturated rings. The summed E-state index contributed by atoms with van der Waals surface area (Å²) in [5.41, 5.74) is 1.25. The zero-order valence-corrected chi connectivity index (χ0v) is 15.6. The Hall–Kier alpha value is -2.15. The lowest BCUT2D eigenvalue weighted by Gasteiger charge is -2.39. The van der Waals surface area contributed by atoms with E-state index in [2.05, 4.69) is 58.2 Å². The van der Waals surface area contributed by atoms with Crippen molar-refractivity contribution in [3.05, 3.63) is 30.1 Å². The first-order valence-corrected chi connectivity index (χ1v) is 9.04. The zero-order chi connectivity index (χ0) is 17.8. The molecule has 0 aliphatic carbocycles. The van der Waals surface area contributed by atoms with Crippen LogP contribution in [0.2, 0.25) is 0 Å². The van der Waals surface area contributed by atoms with Crippen molar-refractivity contribution in [1.29, 1.82) is 0 Å². The van der Waals surface area contributed by atoms with Gasteiger partial charge in [-0.3, -0.25) is 4.90 Å². The molecule has 0 radical (unpaired) electrons. The number of hydrogen-bond donors (Lipinski definition) is 0. The summed E-state index contributed by atoms with van der Waals surface area (Å²) in [4.78, 5) is 4.93. The zero-order valence-electron chi connectivity index (χ0n) is 15.6. The molecule has 2 aromatic rings. The highest BCUT2D eigenvalue weighted by Gasteiger charge is 2.28. The average Bonchev–Trinajstić information content (AvgIpc) is 3.13. The van der Waals surface area contributed by atoms with Crippen molar-refractivity contribution in [3.8, 4) is 5.75 Å². The quantitative estimate of drug-likeness (QED) is 0.803. The van der Waals surface area contributed by atoms with E-state index in [0.717, 1.165) is 44.2 Å². The largest absolute Gasteiger partial charge is 0.497 e. The van der Waals surface area contributed by atoms with Crippen LogP contribution in [0.4, 0.5) is 5.69 Å². The Labute approximate surface area is 149 Å². The SMILES string of the molecule is CCC(c1nnnn1C(C)C)N1CCN(c2ccc(OC)cc2)CC1. The van der Waals surface area contributed by atoms with E-state index in [1.807, 2.05) is 16.8 Å². The molecule has 1 atom stereocenters. The summed E-state index contributed by atoms with van der Waals surface area (Å²) in [5, 5.41) is 12.4. The molecule has 0 N–H and O–H groups in total. The third-order valence-corrected chi connectivity index (χ3v) is 4.88. The Morgan fingerprint density at radius 2 is 1.76 bits per heavy atom. The van der Waals surface area contributed by atoms with Crippen LogP contribution in [0.1, 0.15) is 45.1 Å². The number of hydrogen-bond acceptors (Lipinski definition) is 6. The molecule has 0 bridgehead atoms.